The van der Waals surface area contributed by atoms with Gasteiger partial charge in [-0.25, -0.2) is 4.79 Å². The highest BCUT2D eigenvalue weighted by atomic mass is 35.5. The molecule has 120 valence electrons. The summed E-state index contributed by atoms with van der Waals surface area (Å²) >= 11 is 7.17. The van der Waals surface area contributed by atoms with Crippen LogP contribution in [-0.4, -0.2) is 23.9 Å². The molecule has 1 aromatic carbocycles. The summed E-state index contributed by atoms with van der Waals surface area (Å²) in [6, 6.07) is 7.70. The first-order valence-corrected chi connectivity index (χ1v) is 7.79. The Hall–Kier alpha value is -2.38. The SMILES string of the molecule is CC(OC(=O)c1ccc(Cl)cc1NC(=O)c1cccs1)C(N)=O. The molecule has 1 atom stereocenters. The first-order valence-electron chi connectivity index (χ1n) is 6.53. The van der Waals surface area contributed by atoms with Crippen LogP contribution in [0, 0.1) is 0 Å². The molecule has 1 unspecified atom stereocenters. The molecule has 1 aromatic heterocycles. The van der Waals surface area contributed by atoms with Gasteiger partial charge in [-0.2, -0.15) is 0 Å². The normalized spacial score (nSPS) is 11.6. The van der Waals surface area contributed by atoms with Gasteiger partial charge in [-0.05, 0) is 36.6 Å². The van der Waals surface area contributed by atoms with E-state index in [1.807, 2.05) is 0 Å². The summed E-state index contributed by atoms with van der Waals surface area (Å²) in [5, 5.41) is 4.71. The third kappa shape index (κ3) is 4.30. The number of nitrogens with two attached hydrogens (primary N) is 1. The number of anilines is 1. The van der Waals surface area contributed by atoms with Gasteiger partial charge in [-0.1, -0.05) is 17.7 Å². The van der Waals surface area contributed by atoms with Crippen LogP contribution < -0.4 is 11.1 Å². The second kappa shape index (κ2) is 7.26. The van der Waals surface area contributed by atoms with Crippen molar-refractivity contribution in [3.8, 4) is 0 Å². The Morgan fingerprint density at radius 2 is 2.04 bits per heavy atom. The van der Waals surface area contributed by atoms with Gasteiger partial charge in [0, 0.05) is 5.02 Å². The molecule has 0 fully saturated rings. The molecule has 0 saturated carbocycles. The maximum atomic E-state index is 12.1. The lowest BCUT2D eigenvalue weighted by atomic mass is 10.1. The fraction of sp³-hybridized carbons (Fsp3) is 0.133. The van der Waals surface area contributed by atoms with E-state index in [2.05, 4.69) is 5.32 Å². The number of carbonyl (C=O) groups excluding carboxylic acids is 3. The topological polar surface area (TPSA) is 98.5 Å². The van der Waals surface area contributed by atoms with Crippen LogP contribution in [0.2, 0.25) is 5.02 Å². The van der Waals surface area contributed by atoms with Crippen molar-refractivity contribution in [2.24, 2.45) is 5.73 Å². The maximum Gasteiger partial charge on any atom is 0.341 e. The molecule has 0 radical (unpaired) electrons. The van der Waals surface area contributed by atoms with E-state index in [0.29, 0.717) is 9.90 Å². The molecule has 0 aliphatic carbocycles. The second-order valence-electron chi connectivity index (χ2n) is 4.57. The average Bonchev–Trinajstić information content (AvgIpc) is 3.01. The highest BCUT2D eigenvalue weighted by Crippen LogP contribution is 2.23. The van der Waals surface area contributed by atoms with E-state index in [0.717, 1.165) is 0 Å². The lowest BCUT2D eigenvalue weighted by Gasteiger charge is -2.13. The van der Waals surface area contributed by atoms with E-state index >= 15 is 0 Å². The molecule has 2 aromatic rings. The van der Waals surface area contributed by atoms with Crippen molar-refractivity contribution in [2.45, 2.75) is 13.0 Å². The van der Waals surface area contributed by atoms with Crippen LogP contribution in [0.4, 0.5) is 5.69 Å². The van der Waals surface area contributed by atoms with Gasteiger partial charge in [0.25, 0.3) is 11.8 Å². The van der Waals surface area contributed by atoms with Gasteiger partial charge in [0.15, 0.2) is 6.10 Å². The molecular formula is C15H13ClN2O4S. The first kappa shape index (κ1) is 17.0. The summed E-state index contributed by atoms with van der Waals surface area (Å²) in [5.41, 5.74) is 5.33. The molecular weight excluding hydrogens is 340 g/mol. The van der Waals surface area contributed by atoms with Crippen LogP contribution in [0.1, 0.15) is 27.0 Å². The third-order valence-electron chi connectivity index (χ3n) is 2.88. The molecule has 0 bridgehead atoms. The number of carbonyl (C=O) groups is 3. The van der Waals surface area contributed by atoms with Crippen LogP contribution in [0.5, 0.6) is 0 Å². The standard InChI is InChI=1S/C15H13ClN2O4S/c1-8(13(17)19)22-15(21)10-5-4-9(16)7-11(10)18-14(20)12-3-2-6-23-12/h2-8H,1H3,(H2,17,19)(H,18,20). The van der Waals surface area contributed by atoms with Crippen molar-refractivity contribution in [1.82, 2.24) is 0 Å². The number of primary amides is 1. The summed E-state index contributed by atoms with van der Waals surface area (Å²) in [6.45, 7) is 1.36. The van der Waals surface area contributed by atoms with E-state index in [4.69, 9.17) is 22.1 Å². The number of hydrogen-bond acceptors (Lipinski definition) is 5. The molecule has 0 aliphatic rings. The third-order valence-corrected chi connectivity index (χ3v) is 3.98. The van der Waals surface area contributed by atoms with E-state index in [1.165, 1.54) is 36.5 Å². The number of halogens is 1. The maximum absolute atomic E-state index is 12.1. The minimum atomic E-state index is -1.08. The van der Waals surface area contributed by atoms with Gasteiger partial charge >= 0.3 is 5.97 Å². The zero-order valence-electron chi connectivity index (χ0n) is 12.0. The quantitative estimate of drug-likeness (QED) is 0.808. The van der Waals surface area contributed by atoms with Crippen LogP contribution in [0.25, 0.3) is 0 Å². The lowest BCUT2D eigenvalue weighted by molar-refractivity contribution is -0.125. The molecule has 1 heterocycles. The summed E-state index contributed by atoms with van der Waals surface area (Å²) in [4.78, 5) is 35.7. The Kier molecular flexibility index (Phi) is 5.36. The number of hydrogen-bond donors (Lipinski definition) is 2. The molecule has 0 spiro atoms. The van der Waals surface area contributed by atoms with E-state index < -0.39 is 18.0 Å². The highest BCUT2D eigenvalue weighted by Gasteiger charge is 2.20. The van der Waals surface area contributed by atoms with Gasteiger partial charge in [0.2, 0.25) is 0 Å². The van der Waals surface area contributed by atoms with Crippen molar-refractivity contribution in [2.75, 3.05) is 5.32 Å². The summed E-state index contributed by atoms with van der Waals surface area (Å²) in [5.74, 6) is -1.93. The highest BCUT2D eigenvalue weighted by molar-refractivity contribution is 7.12. The number of ether oxygens (including phenoxy) is 1. The smallest absolute Gasteiger partial charge is 0.341 e. The van der Waals surface area contributed by atoms with E-state index in [1.54, 1.807) is 17.5 Å². The Morgan fingerprint density at radius 1 is 1.30 bits per heavy atom. The number of esters is 1. The molecule has 6 nitrogen and oxygen atoms in total. The van der Waals surface area contributed by atoms with Gasteiger partial charge in [-0.15, -0.1) is 11.3 Å². The van der Waals surface area contributed by atoms with Crippen LogP contribution >= 0.6 is 22.9 Å². The summed E-state index contributed by atoms with van der Waals surface area (Å²) in [6.07, 6.45) is -1.08. The first-order chi connectivity index (χ1) is 10.9. The van der Waals surface area contributed by atoms with Crippen molar-refractivity contribution in [1.29, 1.82) is 0 Å². The Morgan fingerprint density at radius 3 is 2.65 bits per heavy atom. The monoisotopic (exact) mass is 352 g/mol. The van der Waals surface area contributed by atoms with Crippen LogP contribution in [0.3, 0.4) is 0 Å². The minimum absolute atomic E-state index is 0.0763. The van der Waals surface area contributed by atoms with Gasteiger partial charge in [0.05, 0.1) is 16.1 Å². The molecule has 23 heavy (non-hydrogen) atoms. The molecule has 0 aliphatic heterocycles. The van der Waals surface area contributed by atoms with E-state index in [9.17, 15) is 14.4 Å². The van der Waals surface area contributed by atoms with Crippen molar-refractivity contribution in [3.63, 3.8) is 0 Å². The fourth-order valence-corrected chi connectivity index (χ4v) is 2.46. The largest absolute Gasteiger partial charge is 0.449 e. The lowest BCUT2D eigenvalue weighted by Crippen LogP contribution is -2.30. The van der Waals surface area contributed by atoms with E-state index in [-0.39, 0.29) is 17.2 Å². The molecule has 2 rings (SSSR count). The number of amides is 2. The molecule has 2 amide bonds. The van der Waals surface area contributed by atoms with Gasteiger partial charge in [0.1, 0.15) is 0 Å². The van der Waals surface area contributed by atoms with Crippen molar-refractivity contribution >= 4 is 46.4 Å². The number of rotatable bonds is 5. The molecule has 8 heteroatoms. The Bertz CT molecular complexity index is 746. The number of nitrogens with one attached hydrogen (secondary N) is 1. The van der Waals surface area contributed by atoms with Gasteiger partial charge in [-0.3, -0.25) is 9.59 Å². The predicted octanol–water partition coefficient (Wildman–Crippen LogP) is 2.68. The predicted molar refractivity (Wildman–Crippen MR) is 87.8 cm³/mol. The number of benzene rings is 1. The Balaban J connectivity index is 2.25. The fourth-order valence-electron chi connectivity index (χ4n) is 1.67. The Labute approximate surface area is 141 Å². The van der Waals surface area contributed by atoms with Crippen LogP contribution in [-0.2, 0) is 9.53 Å². The zero-order valence-corrected chi connectivity index (χ0v) is 13.6. The molecule has 0 saturated heterocycles. The summed E-state index contributed by atoms with van der Waals surface area (Å²) < 4.78 is 4.95. The van der Waals surface area contributed by atoms with Crippen molar-refractivity contribution in [3.05, 3.63) is 51.2 Å². The zero-order chi connectivity index (χ0) is 17.0. The second-order valence-corrected chi connectivity index (χ2v) is 5.96. The van der Waals surface area contributed by atoms with Gasteiger partial charge < -0.3 is 15.8 Å². The van der Waals surface area contributed by atoms with Crippen molar-refractivity contribution < 1.29 is 19.1 Å². The minimum Gasteiger partial charge on any atom is -0.449 e. The van der Waals surface area contributed by atoms with Crippen LogP contribution in [0.15, 0.2) is 35.7 Å². The summed E-state index contributed by atoms with van der Waals surface area (Å²) in [7, 11) is 0. The molecule has 3 N–H and O–H groups in total. The average molecular weight is 353 g/mol. The number of thiophene rings is 1.